The number of fused-ring (bicyclic) bond motifs is 1. The summed E-state index contributed by atoms with van der Waals surface area (Å²) in [5.74, 6) is -0.559. The number of furan rings is 1. The molecule has 3 aromatic heterocycles. The summed E-state index contributed by atoms with van der Waals surface area (Å²) in [6.45, 7) is 9.99. The van der Waals surface area contributed by atoms with E-state index in [1.54, 1.807) is 42.8 Å². The molecule has 0 spiro atoms. The van der Waals surface area contributed by atoms with Gasteiger partial charge < -0.3 is 29.5 Å². The van der Waals surface area contributed by atoms with Crippen LogP contribution in [-0.4, -0.2) is 45.3 Å². The van der Waals surface area contributed by atoms with Gasteiger partial charge in [-0.2, -0.15) is 0 Å². The van der Waals surface area contributed by atoms with E-state index in [2.05, 4.69) is 29.5 Å². The maximum absolute atomic E-state index is 12.8. The summed E-state index contributed by atoms with van der Waals surface area (Å²) in [7, 11) is 1.30. The number of carbonyl (C=O) groups excluding carboxylic acids is 2. The first-order valence-electron chi connectivity index (χ1n) is 11.0. The van der Waals surface area contributed by atoms with Gasteiger partial charge in [-0.1, -0.05) is 13.8 Å². The van der Waals surface area contributed by atoms with Gasteiger partial charge in [-0.05, 0) is 51.3 Å². The summed E-state index contributed by atoms with van der Waals surface area (Å²) in [4.78, 5) is 30.3. The zero-order valence-electron chi connectivity index (χ0n) is 19.9. The van der Waals surface area contributed by atoms with Crippen LogP contribution in [0.25, 0.3) is 11.0 Å². The van der Waals surface area contributed by atoms with Crippen molar-refractivity contribution >= 4 is 34.3 Å². The summed E-state index contributed by atoms with van der Waals surface area (Å²) < 4.78 is 12.0. The third-order valence-corrected chi connectivity index (χ3v) is 5.63. The first-order chi connectivity index (χ1) is 15.5. The van der Waals surface area contributed by atoms with E-state index in [1.165, 1.54) is 13.4 Å². The Balaban J connectivity index is 2.16. The van der Waals surface area contributed by atoms with Crippen molar-refractivity contribution in [1.82, 2.24) is 9.55 Å². The first-order valence-corrected chi connectivity index (χ1v) is 11.0. The Morgan fingerprint density at radius 3 is 2.61 bits per heavy atom. The maximum Gasteiger partial charge on any atom is 0.356 e. The van der Waals surface area contributed by atoms with Crippen LogP contribution in [0, 0.1) is 5.92 Å². The molecule has 0 aliphatic carbocycles. The monoisotopic (exact) mass is 456 g/mol. The fourth-order valence-electron chi connectivity index (χ4n) is 3.35. The molecule has 0 bridgehead atoms. The second-order valence-electron chi connectivity index (χ2n) is 9.10. The van der Waals surface area contributed by atoms with Gasteiger partial charge in [-0.25, -0.2) is 9.78 Å². The normalized spacial score (nSPS) is 12.7. The molecule has 0 saturated heterocycles. The van der Waals surface area contributed by atoms with Crippen LogP contribution in [0.3, 0.4) is 0 Å². The van der Waals surface area contributed by atoms with Crippen LogP contribution in [0.2, 0.25) is 0 Å². The molecule has 0 unspecified atom stereocenters. The number of esters is 1. The van der Waals surface area contributed by atoms with Gasteiger partial charge in [-0.3, -0.25) is 4.79 Å². The molecule has 0 aliphatic heterocycles. The van der Waals surface area contributed by atoms with Crippen molar-refractivity contribution in [3.8, 4) is 0 Å². The molecule has 1 amide bonds. The molecule has 3 heterocycles. The van der Waals surface area contributed by atoms with E-state index >= 15 is 0 Å². The number of nitrogens with one attached hydrogen (secondary N) is 2. The largest absolute Gasteiger partial charge is 0.464 e. The number of ether oxygens (including phenoxy) is 1. The van der Waals surface area contributed by atoms with E-state index < -0.39 is 17.5 Å². The van der Waals surface area contributed by atoms with Crippen molar-refractivity contribution in [2.24, 2.45) is 5.92 Å². The lowest BCUT2D eigenvalue weighted by atomic mass is 10.0. The van der Waals surface area contributed by atoms with Crippen molar-refractivity contribution in [3.63, 3.8) is 0 Å². The van der Waals surface area contributed by atoms with Gasteiger partial charge in [0.25, 0.3) is 5.91 Å². The number of aliphatic hydroxyl groups is 1. The summed E-state index contributed by atoms with van der Waals surface area (Å²) in [6.07, 6.45) is 3.86. The average molecular weight is 457 g/mol. The van der Waals surface area contributed by atoms with Gasteiger partial charge in [0.05, 0.1) is 42.6 Å². The third kappa shape index (κ3) is 5.36. The molecular formula is C24H32N4O5. The molecule has 33 heavy (non-hydrogen) atoms. The van der Waals surface area contributed by atoms with E-state index in [1.807, 2.05) is 6.92 Å². The Morgan fingerprint density at radius 2 is 2.03 bits per heavy atom. The zero-order valence-corrected chi connectivity index (χ0v) is 19.9. The van der Waals surface area contributed by atoms with E-state index in [4.69, 9.17) is 9.15 Å². The van der Waals surface area contributed by atoms with E-state index in [-0.39, 0.29) is 17.5 Å². The zero-order chi connectivity index (χ0) is 24.3. The van der Waals surface area contributed by atoms with Crippen LogP contribution in [0.15, 0.2) is 35.1 Å². The number of hydrogen-bond acceptors (Lipinski definition) is 7. The average Bonchev–Trinajstić information content (AvgIpc) is 3.38. The molecule has 0 aromatic carbocycles. The predicted molar refractivity (Wildman–Crippen MR) is 127 cm³/mol. The number of hydrogen-bond donors (Lipinski definition) is 3. The van der Waals surface area contributed by atoms with Gasteiger partial charge in [-0.15, -0.1) is 0 Å². The molecule has 9 heteroatoms. The smallest absolute Gasteiger partial charge is 0.356 e. The standard InChI is InChI=1S/C24H32N4O5/c1-14(2)9-10-28-20(23(30)32-6)19(27-22(29)18-8-7-11-33-18)17-12-16(13-25-21(17)28)26-15(3)24(4,5)31/h7-8,11-15,26,31H,9-10H2,1-6H3,(H,27,29)/t15-/m1/s1. The summed E-state index contributed by atoms with van der Waals surface area (Å²) >= 11 is 0. The van der Waals surface area contributed by atoms with E-state index in [0.29, 0.717) is 34.9 Å². The molecule has 3 aromatic rings. The van der Waals surface area contributed by atoms with Crippen LogP contribution in [-0.2, 0) is 11.3 Å². The first kappa shape index (κ1) is 24.3. The van der Waals surface area contributed by atoms with Gasteiger partial charge in [0, 0.05) is 11.9 Å². The van der Waals surface area contributed by atoms with E-state index in [9.17, 15) is 14.7 Å². The minimum Gasteiger partial charge on any atom is -0.464 e. The van der Waals surface area contributed by atoms with Gasteiger partial charge in [0.15, 0.2) is 11.5 Å². The Hall–Kier alpha value is -3.33. The number of carbonyl (C=O) groups is 2. The Kier molecular flexibility index (Phi) is 7.12. The number of nitrogens with zero attached hydrogens (tertiary/aromatic N) is 2. The van der Waals surface area contributed by atoms with Crippen LogP contribution in [0.5, 0.6) is 0 Å². The second kappa shape index (κ2) is 9.66. The Bertz CT molecular complexity index is 1130. The number of rotatable bonds is 9. The number of aryl methyl sites for hydroxylation is 1. The Labute approximate surface area is 193 Å². The summed E-state index contributed by atoms with van der Waals surface area (Å²) in [5.41, 5.74) is 0.740. The highest BCUT2D eigenvalue weighted by molar-refractivity contribution is 6.14. The van der Waals surface area contributed by atoms with Crippen molar-refractivity contribution in [1.29, 1.82) is 0 Å². The van der Waals surface area contributed by atoms with Crippen LogP contribution in [0.4, 0.5) is 11.4 Å². The number of anilines is 2. The maximum atomic E-state index is 12.8. The lowest BCUT2D eigenvalue weighted by Crippen LogP contribution is -2.39. The molecule has 9 nitrogen and oxygen atoms in total. The highest BCUT2D eigenvalue weighted by Crippen LogP contribution is 2.34. The molecular weight excluding hydrogens is 424 g/mol. The minimum atomic E-state index is -0.967. The fourth-order valence-corrected chi connectivity index (χ4v) is 3.35. The summed E-state index contributed by atoms with van der Waals surface area (Å²) in [5, 5.41) is 16.9. The number of methoxy groups -OCH3 is 1. The number of pyridine rings is 1. The fraction of sp³-hybridized carbons (Fsp3) is 0.458. The Morgan fingerprint density at radius 1 is 1.30 bits per heavy atom. The molecule has 3 N–H and O–H groups in total. The van der Waals surface area contributed by atoms with Gasteiger partial charge in [0.1, 0.15) is 5.65 Å². The van der Waals surface area contributed by atoms with Crippen LogP contribution >= 0.6 is 0 Å². The van der Waals surface area contributed by atoms with Crippen molar-refractivity contribution in [2.45, 2.75) is 59.2 Å². The molecule has 1 atom stereocenters. The predicted octanol–water partition coefficient (Wildman–Crippen LogP) is 4.29. The second-order valence-corrected chi connectivity index (χ2v) is 9.10. The third-order valence-electron chi connectivity index (χ3n) is 5.63. The SMILES string of the molecule is COC(=O)c1c(NC(=O)c2ccco2)c2cc(N[C@H](C)C(C)(C)O)cnc2n1CCC(C)C. The number of aromatic nitrogens is 2. The number of amides is 1. The van der Waals surface area contributed by atoms with Gasteiger partial charge >= 0.3 is 5.97 Å². The molecule has 178 valence electrons. The molecule has 0 radical (unpaired) electrons. The lowest BCUT2D eigenvalue weighted by Gasteiger charge is -2.27. The molecule has 3 rings (SSSR count). The molecule has 0 fully saturated rings. The minimum absolute atomic E-state index is 0.117. The van der Waals surface area contributed by atoms with Gasteiger partial charge in [0.2, 0.25) is 0 Å². The topological polar surface area (TPSA) is 119 Å². The summed E-state index contributed by atoms with van der Waals surface area (Å²) in [6, 6.07) is 4.69. The highest BCUT2D eigenvalue weighted by Gasteiger charge is 2.28. The molecule has 0 saturated carbocycles. The lowest BCUT2D eigenvalue weighted by molar-refractivity contribution is 0.0589. The van der Waals surface area contributed by atoms with Crippen molar-refractivity contribution in [3.05, 3.63) is 42.1 Å². The van der Waals surface area contributed by atoms with Crippen LogP contribution in [0.1, 0.15) is 62.1 Å². The van der Waals surface area contributed by atoms with Crippen LogP contribution < -0.4 is 10.6 Å². The molecule has 0 aliphatic rings. The van der Waals surface area contributed by atoms with Crippen molar-refractivity contribution in [2.75, 3.05) is 17.7 Å². The van der Waals surface area contributed by atoms with Crippen molar-refractivity contribution < 1.29 is 23.8 Å². The van der Waals surface area contributed by atoms with E-state index in [0.717, 1.165) is 6.42 Å². The highest BCUT2D eigenvalue weighted by atomic mass is 16.5. The quantitative estimate of drug-likeness (QED) is 0.411.